The summed E-state index contributed by atoms with van der Waals surface area (Å²) in [6, 6.07) is 0. The predicted octanol–water partition coefficient (Wildman–Crippen LogP) is 4.11. The lowest BCUT2D eigenvalue weighted by Gasteiger charge is -2.42. The summed E-state index contributed by atoms with van der Waals surface area (Å²) in [6.45, 7) is 11.3. The normalized spacial score (nSPS) is 13.3. The lowest BCUT2D eigenvalue weighted by molar-refractivity contribution is 0.154. The Morgan fingerprint density at radius 1 is 0.857 bits per heavy atom. The molecule has 1 nitrogen and oxygen atoms in total. The molecule has 0 bridgehead atoms. The van der Waals surface area contributed by atoms with Crippen LogP contribution in [0, 0.1) is 5.41 Å². The molecule has 1 heteroatoms. The van der Waals surface area contributed by atoms with E-state index in [0.717, 1.165) is 0 Å². The highest BCUT2D eigenvalue weighted by Crippen LogP contribution is 2.36. The van der Waals surface area contributed by atoms with E-state index in [0.29, 0.717) is 0 Å². The third-order valence-corrected chi connectivity index (χ3v) is 3.45. The lowest BCUT2D eigenvalue weighted by Crippen LogP contribution is -2.51. The Morgan fingerprint density at radius 2 is 1.21 bits per heavy atom. The van der Waals surface area contributed by atoms with Crippen molar-refractivity contribution in [3.63, 3.8) is 0 Å². The van der Waals surface area contributed by atoms with Gasteiger partial charge in [-0.3, -0.25) is 0 Å². The molecule has 0 rings (SSSR count). The molecule has 0 saturated heterocycles. The Morgan fingerprint density at radius 3 is 1.43 bits per heavy atom. The van der Waals surface area contributed by atoms with Gasteiger partial charge in [0.1, 0.15) is 0 Å². The van der Waals surface area contributed by atoms with Gasteiger partial charge in [-0.15, -0.1) is 0 Å². The van der Waals surface area contributed by atoms with E-state index in [-0.39, 0.29) is 11.0 Å². The number of unbranched alkanes of at least 4 members (excludes halogenated alkanes) is 2. The van der Waals surface area contributed by atoms with Crippen molar-refractivity contribution in [2.75, 3.05) is 0 Å². The highest BCUT2D eigenvalue weighted by Gasteiger charge is 2.36. The van der Waals surface area contributed by atoms with E-state index in [1.165, 1.54) is 38.5 Å². The van der Waals surface area contributed by atoms with Crippen LogP contribution in [0.4, 0.5) is 0 Å². The zero-order chi connectivity index (χ0) is 11.2. The minimum atomic E-state index is 0.0407. The first kappa shape index (κ1) is 14.0. The third-order valence-electron chi connectivity index (χ3n) is 3.45. The van der Waals surface area contributed by atoms with Crippen molar-refractivity contribution < 1.29 is 0 Å². The monoisotopic (exact) mass is 199 g/mol. The molecule has 0 aromatic rings. The largest absolute Gasteiger partial charge is 0.325 e. The Labute approximate surface area is 90.5 Å². The Bertz CT molecular complexity index is 136. The van der Waals surface area contributed by atoms with E-state index < -0.39 is 0 Å². The predicted molar refractivity (Wildman–Crippen MR) is 65.4 cm³/mol. The fourth-order valence-corrected chi connectivity index (χ4v) is 1.86. The number of hydrogen-bond donors (Lipinski definition) is 1. The van der Waals surface area contributed by atoms with Crippen LogP contribution in [-0.2, 0) is 0 Å². The van der Waals surface area contributed by atoms with Gasteiger partial charge in [0.2, 0.25) is 0 Å². The molecule has 2 N–H and O–H groups in total. The van der Waals surface area contributed by atoms with Crippen molar-refractivity contribution in [3.8, 4) is 0 Å². The Kier molecular flexibility index (Phi) is 5.73. The minimum Gasteiger partial charge on any atom is -0.325 e. The first-order valence-electron chi connectivity index (χ1n) is 6.16. The summed E-state index contributed by atoms with van der Waals surface area (Å²) >= 11 is 0. The van der Waals surface area contributed by atoms with Crippen molar-refractivity contribution in [3.05, 3.63) is 0 Å². The third kappa shape index (κ3) is 4.00. The molecule has 0 spiro atoms. The van der Waals surface area contributed by atoms with Gasteiger partial charge in [0.15, 0.2) is 0 Å². The number of nitrogens with two attached hydrogens (primary N) is 1. The van der Waals surface area contributed by atoms with Gasteiger partial charge in [-0.05, 0) is 18.3 Å². The van der Waals surface area contributed by atoms with Crippen LogP contribution in [0.25, 0.3) is 0 Å². The smallest absolute Gasteiger partial charge is 0.0203 e. The quantitative estimate of drug-likeness (QED) is 0.684. The first-order valence-corrected chi connectivity index (χ1v) is 6.16. The van der Waals surface area contributed by atoms with Crippen LogP contribution in [0.5, 0.6) is 0 Å². The van der Waals surface area contributed by atoms with Crippen molar-refractivity contribution in [2.24, 2.45) is 11.1 Å². The first-order chi connectivity index (χ1) is 6.37. The van der Waals surface area contributed by atoms with Crippen LogP contribution in [0.15, 0.2) is 0 Å². The van der Waals surface area contributed by atoms with E-state index in [4.69, 9.17) is 5.73 Å². The van der Waals surface area contributed by atoms with Crippen molar-refractivity contribution >= 4 is 0 Å². The van der Waals surface area contributed by atoms with Gasteiger partial charge < -0.3 is 5.73 Å². The molecule has 0 saturated carbocycles. The highest BCUT2D eigenvalue weighted by atomic mass is 14.8. The average Bonchev–Trinajstić information content (AvgIpc) is 2.09. The molecular weight excluding hydrogens is 170 g/mol. The summed E-state index contributed by atoms with van der Waals surface area (Å²) < 4.78 is 0. The van der Waals surface area contributed by atoms with Crippen LogP contribution in [0.3, 0.4) is 0 Å². The zero-order valence-corrected chi connectivity index (χ0v) is 10.8. The summed E-state index contributed by atoms with van der Waals surface area (Å²) in [5, 5.41) is 0. The summed E-state index contributed by atoms with van der Waals surface area (Å²) in [4.78, 5) is 0. The van der Waals surface area contributed by atoms with Crippen LogP contribution in [0.1, 0.15) is 73.1 Å². The standard InChI is InChI=1S/C13H29N/c1-6-8-10-13(14,11-9-7-2)12(3,4)5/h6-11,14H2,1-5H3. The lowest BCUT2D eigenvalue weighted by atomic mass is 9.69. The average molecular weight is 199 g/mol. The topological polar surface area (TPSA) is 26.0 Å². The molecule has 0 radical (unpaired) electrons. The Hall–Kier alpha value is -0.0400. The maximum absolute atomic E-state index is 6.55. The summed E-state index contributed by atoms with van der Waals surface area (Å²) in [5.74, 6) is 0. The van der Waals surface area contributed by atoms with Crippen LogP contribution in [0.2, 0.25) is 0 Å². The van der Waals surface area contributed by atoms with Crippen LogP contribution < -0.4 is 5.73 Å². The van der Waals surface area contributed by atoms with E-state index in [1.807, 2.05) is 0 Å². The molecule has 0 aromatic heterocycles. The molecule has 0 aliphatic carbocycles. The fraction of sp³-hybridized carbons (Fsp3) is 1.00. The van der Waals surface area contributed by atoms with Gasteiger partial charge in [0, 0.05) is 5.54 Å². The summed E-state index contributed by atoms with van der Waals surface area (Å²) in [7, 11) is 0. The molecule has 0 atom stereocenters. The molecule has 14 heavy (non-hydrogen) atoms. The van der Waals surface area contributed by atoms with Gasteiger partial charge in [0.25, 0.3) is 0 Å². The second-order valence-electron chi connectivity index (χ2n) is 5.61. The maximum Gasteiger partial charge on any atom is 0.0203 e. The summed E-state index contributed by atoms with van der Waals surface area (Å²) in [6.07, 6.45) is 7.37. The molecule has 86 valence electrons. The maximum atomic E-state index is 6.55. The van der Waals surface area contributed by atoms with E-state index >= 15 is 0 Å². The van der Waals surface area contributed by atoms with Gasteiger partial charge in [-0.25, -0.2) is 0 Å². The SMILES string of the molecule is CCCCC(N)(CCCC)C(C)(C)C. The Balaban J connectivity index is 4.33. The molecular formula is C13H29N. The van der Waals surface area contributed by atoms with Crippen LogP contribution >= 0.6 is 0 Å². The molecule has 0 fully saturated rings. The van der Waals surface area contributed by atoms with Gasteiger partial charge in [-0.2, -0.15) is 0 Å². The van der Waals surface area contributed by atoms with Crippen LogP contribution in [-0.4, -0.2) is 5.54 Å². The molecule has 0 amide bonds. The van der Waals surface area contributed by atoms with Gasteiger partial charge >= 0.3 is 0 Å². The second kappa shape index (κ2) is 5.75. The number of rotatable bonds is 6. The number of hydrogen-bond acceptors (Lipinski definition) is 1. The van der Waals surface area contributed by atoms with Gasteiger partial charge in [0.05, 0.1) is 0 Å². The molecule has 0 aliphatic heterocycles. The van der Waals surface area contributed by atoms with E-state index in [2.05, 4.69) is 34.6 Å². The van der Waals surface area contributed by atoms with E-state index in [1.54, 1.807) is 0 Å². The fourth-order valence-electron chi connectivity index (χ4n) is 1.86. The highest BCUT2D eigenvalue weighted by molar-refractivity contribution is 4.94. The molecule has 0 aromatic carbocycles. The molecule has 0 aliphatic rings. The summed E-state index contributed by atoms with van der Waals surface area (Å²) in [5.41, 5.74) is 6.82. The minimum absolute atomic E-state index is 0.0407. The van der Waals surface area contributed by atoms with Crippen molar-refractivity contribution in [1.82, 2.24) is 0 Å². The second-order valence-corrected chi connectivity index (χ2v) is 5.61. The zero-order valence-electron chi connectivity index (χ0n) is 10.8. The van der Waals surface area contributed by atoms with Gasteiger partial charge in [-0.1, -0.05) is 60.3 Å². The van der Waals surface area contributed by atoms with E-state index in [9.17, 15) is 0 Å². The molecule has 0 heterocycles. The molecule has 0 unspecified atom stereocenters. The van der Waals surface area contributed by atoms with Crippen molar-refractivity contribution in [1.29, 1.82) is 0 Å². The van der Waals surface area contributed by atoms with Crippen molar-refractivity contribution in [2.45, 2.75) is 78.7 Å².